The van der Waals surface area contributed by atoms with Gasteiger partial charge in [-0.1, -0.05) is 12.1 Å². The Balaban J connectivity index is 1.87. The molecule has 3 rings (SSSR count). The first-order valence-corrected chi connectivity index (χ1v) is 8.49. The van der Waals surface area contributed by atoms with Crippen LogP contribution in [-0.2, 0) is 11.2 Å². The Morgan fingerprint density at radius 3 is 2.46 bits per heavy atom. The third-order valence-electron chi connectivity index (χ3n) is 4.23. The van der Waals surface area contributed by atoms with Crippen molar-refractivity contribution in [1.29, 1.82) is 0 Å². The number of amides is 1. The smallest absolute Gasteiger partial charge is 0.232 e. The lowest BCUT2D eigenvalue weighted by atomic mass is 9.96. The van der Waals surface area contributed by atoms with E-state index in [4.69, 9.17) is 14.2 Å². The third kappa shape index (κ3) is 4.20. The number of methoxy groups -OCH3 is 3. The van der Waals surface area contributed by atoms with Gasteiger partial charge >= 0.3 is 0 Å². The van der Waals surface area contributed by atoms with E-state index in [1.54, 1.807) is 51.7 Å². The molecule has 1 N–H and O–H groups in total. The standard InChI is InChI=1S/C19H21N5O4/c1-26-14-9-7-13(8-10-14)20-19(25)15(18-21-23-24-22-18)11-12-5-4-6-16(27-2)17(12)28-3/h4-10,15H,11H2,1-3H3,(H2,20,21,22,23,24,25)/p-1/t15-/m0/s1. The Bertz CT molecular complexity index is 913. The number of para-hydroxylation sites is 1. The number of rotatable bonds is 8. The van der Waals surface area contributed by atoms with Gasteiger partial charge in [0.15, 0.2) is 11.5 Å². The molecule has 9 heteroatoms. The fourth-order valence-electron chi connectivity index (χ4n) is 2.83. The van der Waals surface area contributed by atoms with Crippen LogP contribution in [0.15, 0.2) is 42.5 Å². The van der Waals surface area contributed by atoms with Crippen molar-refractivity contribution < 1.29 is 19.0 Å². The van der Waals surface area contributed by atoms with Crippen LogP contribution in [0.5, 0.6) is 17.2 Å². The van der Waals surface area contributed by atoms with E-state index in [-0.39, 0.29) is 18.2 Å². The van der Waals surface area contributed by atoms with Gasteiger partial charge in [-0.25, -0.2) is 0 Å². The fraction of sp³-hybridized carbons (Fsp3) is 0.263. The molecule has 2 aromatic carbocycles. The van der Waals surface area contributed by atoms with Gasteiger partial charge in [0.25, 0.3) is 0 Å². The molecule has 3 aromatic rings. The lowest BCUT2D eigenvalue weighted by Gasteiger charge is -2.19. The molecular formula is C19H20N5O4-. The van der Waals surface area contributed by atoms with Crippen molar-refractivity contribution in [1.82, 2.24) is 20.6 Å². The Kier molecular flexibility index (Phi) is 6.05. The van der Waals surface area contributed by atoms with Gasteiger partial charge in [0, 0.05) is 11.5 Å². The summed E-state index contributed by atoms with van der Waals surface area (Å²) < 4.78 is 15.9. The summed E-state index contributed by atoms with van der Waals surface area (Å²) in [6.07, 6.45) is 0.287. The predicted molar refractivity (Wildman–Crippen MR) is 101 cm³/mol. The summed E-state index contributed by atoms with van der Waals surface area (Å²) >= 11 is 0. The zero-order valence-electron chi connectivity index (χ0n) is 15.7. The number of tetrazole rings is 1. The summed E-state index contributed by atoms with van der Waals surface area (Å²) in [7, 11) is 4.69. The van der Waals surface area contributed by atoms with Crippen LogP contribution in [0.1, 0.15) is 17.3 Å². The first kappa shape index (κ1) is 19.2. The molecule has 1 atom stereocenters. The lowest BCUT2D eigenvalue weighted by Crippen LogP contribution is -2.24. The Morgan fingerprint density at radius 2 is 1.86 bits per heavy atom. The molecule has 0 unspecified atom stereocenters. The number of hydrogen-bond acceptors (Lipinski definition) is 7. The Hall–Kier alpha value is -3.62. The average Bonchev–Trinajstić information content (AvgIpc) is 3.26. The maximum Gasteiger partial charge on any atom is 0.232 e. The van der Waals surface area contributed by atoms with Crippen LogP contribution in [-0.4, -0.2) is 42.8 Å². The molecule has 0 saturated heterocycles. The molecule has 1 amide bonds. The monoisotopic (exact) mass is 382 g/mol. The zero-order chi connectivity index (χ0) is 19.9. The van der Waals surface area contributed by atoms with Crippen molar-refractivity contribution in [2.45, 2.75) is 12.3 Å². The number of carbonyl (C=O) groups is 1. The molecule has 0 fully saturated rings. The van der Waals surface area contributed by atoms with Gasteiger partial charge in [-0.3, -0.25) is 15.1 Å². The molecule has 0 bridgehead atoms. The summed E-state index contributed by atoms with van der Waals surface area (Å²) in [5.41, 5.74) is 1.41. The molecule has 146 valence electrons. The third-order valence-corrected chi connectivity index (χ3v) is 4.23. The van der Waals surface area contributed by atoms with E-state index in [9.17, 15) is 4.79 Å². The highest BCUT2D eigenvalue weighted by Crippen LogP contribution is 2.34. The number of aromatic nitrogens is 4. The number of nitrogens with one attached hydrogen (secondary N) is 1. The number of nitrogens with zero attached hydrogens (tertiary/aromatic N) is 4. The van der Waals surface area contributed by atoms with Gasteiger partial charge in [-0.15, -0.1) is 0 Å². The highest BCUT2D eigenvalue weighted by Gasteiger charge is 2.23. The Labute approximate surface area is 162 Å². The van der Waals surface area contributed by atoms with E-state index in [1.165, 1.54) is 0 Å². The summed E-state index contributed by atoms with van der Waals surface area (Å²) in [6.45, 7) is 0. The second kappa shape index (κ2) is 8.85. The van der Waals surface area contributed by atoms with Crippen LogP contribution in [0.2, 0.25) is 0 Å². The lowest BCUT2D eigenvalue weighted by molar-refractivity contribution is -0.117. The van der Waals surface area contributed by atoms with Crippen molar-refractivity contribution in [2.75, 3.05) is 26.6 Å². The minimum Gasteiger partial charge on any atom is -0.497 e. The molecule has 0 aliphatic heterocycles. The van der Waals surface area contributed by atoms with E-state index >= 15 is 0 Å². The van der Waals surface area contributed by atoms with Gasteiger partial charge in [-0.05, 0) is 42.3 Å². The number of hydrogen-bond donors (Lipinski definition) is 1. The molecule has 0 aliphatic carbocycles. The number of benzene rings is 2. The van der Waals surface area contributed by atoms with Crippen LogP contribution < -0.4 is 24.6 Å². The molecule has 0 saturated carbocycles. The second-order valence-electron chi connectivity index (χ2n) is 5.86. The molecule has 28 heavy (non-hydrogen) atoms. The SMILES string of the molecule is COc1ccc(NC(=O)[C@@H](Cc2cccc(OC)c2OC)c2nnn[n-]2)cc1. The second-order valence-corrected chi connectivity index (χ2v) is 5.86. The van der Waals surface area contributed by atoms with Crippen molar-refractivity contribution >= 4 is 11.6 Å². The first-order valence-electron chi connectivity index (χ1n) is 8.49. The Morgan fingerprint density at radius 1 is 1.07 bits per heavy atom. The van der Waals surface area contributed by atoms with Crippen molar-refractivity contribution in [3.8, 4) is 17.2 Å². The molecule has 1 heterocycles. The molecular weight excluding hydrogens is 362 g/mol. The van der Waals surface area contributed by atoms with E-state index in [1.807, 2.05) is 12.1 Å². The van der Waals surface area contributed by atoms with Crippen LogP contribution >= 0.6 is 0 Å². The van der Waals surface area contributed by atoms with E-state index < -0.39 is 5.92 Å². The number of ether oxygens (including phenoxy) is 3. The minimum atomic E-state index is -0.710. The normalized spacial score (nSPS) is 11.5. The fourth-order valence-corrected chi connectivity index (χ4v) is 2.83. The van der Waals surface area contributed by atoms with Crippen molar-refractivity contribution in [3.63, 3.8) is 0 Å². The van der Waals surface area contributed by atoms with Crippen molar-refractivity contribution in [2.24, 2.45) is 0 Å². The van der Waals surface area contributed by atoms with E-state index in [0.29, 0.717) is 22.9 Å². The van der Waals surface area contributed by atoms with Crippen LogP contribution in [0, 0.1) is 0 Å². The minimum absolute atomic E-state index is 0.232. The van der Waals surface area contributed by atoms with Crippen molar-refractivity contribution in [3.05, 3.63) is 53.9 Å². The molecule has 0 aliphatic rings. The van der Waals surface area contributed by atoms with E-state index in [2.05, 4.69) is 25.9 Å². The highest BCUT2D eigenvalue weighted by molar-refractivity contribution is 5.95. The topological polar surface area (TPSA) is 110 Å². The van der Waals surface area contributed by atoms with Gasteiger partial charge in [0.05, 0.1) is 27.2 Å². The van der Waals surface area contributed by atoms with Gasteiger partial charge in [0.2, 0.25) is 5.91 Å². The summed E-state index contributed by atoms with van der Waals surface area (Å²) in [5.74, 6) is 1.07. The predicted octanol–water partition coefficient (Wildman–Crippen LogP) is 1.82. The first-order chi connectivity index (χ1) is 13.7. The number of carbonyl (C=O) groups excluding carboxylic acids is 1. The maximum atomic E-state index is 13.0. The maximum absolute atomic E-state index is 13.0. The van der Waals surface area contributed by atoms with E-state index in [0.717, 1.165) is 5.56 Å². The summed E-state index contributed by atoms with van der Waals surface area (Å²) in [6, 6.07) is 12.5. The molecule has 9 nitrogen and oxygen atoms in total. The summed E-state index contributed by atoms with van der Waals surface area (Å²) in [5, 5.41) is 17.6. The largest absolute Gasteiger partial charge is 0.497 e. The highest BCUT2D eigenvalue weighted by atomic mass is 16.5. The van der Waals surface area contributed by atoms with Crippen LogP contribution in [0.3, 0.4) is 0 Å². The van der Waals surface area contributed by atoms with Gasteiger partial charge in [0.1, 0.15) is 5.75 Å². The molecule has 0 spiro atoms. The number of anilines is 1. The zero-order valence-corrected chi connectivity index (χ0v) is 15.7. The van der Waals surface area contributed by atoms with Crippen LogP contribution in [0.4, 0.5) is 5.69 Å². The summed E-state index contributed by atoms with van der Waals surface area (Å²) in [4.78, 5) is 13.0. The average molecular weight is 382 g/mol. The quantitative estimate of drug-likeness (QED) is 0.628. The molecule has 0 radical (unpaired) electrons. The van der Waals surface area contributed by atoms with Crippen LogP contribution in [0.25, 0.3) is 0 Å². The van der Waals surface area contributed by atoms with Gasteiger partial charge < -0.3 is 24.6 Å². The van der Waals surface area contributed by atoms with Gasteiger partial charge in [-0.2, -0.15) is 5.21 Å². The molecule has 1 aromatic heterocycles.